The first-order chi connectivity index (χ1) is 13.2. The zero-order valence-corrected chi connectivity index (χ0v) is 17.0. The monoisotopic (exact) mass is 419 g/mol. The predicted molar refractivity (Wildman–Crippen MR) is 106 cm³/mol. The number of hydrogen-bond donors (Lipinski definition) is 1. The second-order valence-corrected chi connectivity index (χ2v) is 8.50. The van der Waals surface area contributed by atoms with Crippen LogP contribution in [-0.2, 0) is 16.9 Å². The van der Waals surface area contributed by atoms with Crippen molar-refractivity contribution in [2.75, 3.05) is 12.4 Å². The summed E-state index contributed by atoms with van der Waals surface area (Å²) in [6.07, 6.45) is 1.59. The minimum absolute atomic E-state index is 0.00705. The lowest BCUT2D eigenvalue weighted by Gasteiger charge is -2.11. The molecule has 146 valence electrons. The molecule has 0 unspecified atom stereocenters. The maximum absolute atomic E-state index is 13.0. The van der Waals surface area contributed by atoms with E-state index >= 15 is 0 Å². The number of benzene rings is 2. The maximum Gasteiger partial charge on any atom is 0.259 e. The Balaban J connectivity index is 1.99. The number of amides is 1. The average Bonchev–Trinajstić information content (AvgIpc) is 3.00. The van der Waals surface area contributed by atoms with E-state index in [1.807, 2.05) is 0 Å². The number of aryl methyl sites for hydroxylation is 2. The molecule has 0 spiro atoms. The summed E-state index contributed by atoms with van der Waals surface area (Å²) >= 11 is 5.84. The molecule has 0 saturated carbocycles. The molecule has 0 aliphatic heterocycles. The summed E-state index contributed by atoms with van der Waals surface area (Å²) in [5.41, 5.74) is 1.25. The van der Waals surface area contributed by atoms with E-state index < -0.39 is 15.7 Å². The minimum Gasteiger partial charge on any atom is -0.497 e. The van der Waals surface area contributed by atoms with E-state index in [0.29, 0.717) is 27.7 Å². The summed E-state index contributed by atoms with van der Waals surface area (Å²) in [4.78, 5) is 12.6. The number of ether oxygens (including phenoxy) is 1. The smallest absolute Gasteiger partial charge is 0.259 e. The molecule has 0 aliphatic carbocycles. The molecule has 0 fully saturated rings. The predicted octanol–water partition coefficient (Wildman–Crippen LogP) is 3.48. The van der Waals surface area contributed by atoms with Crippen LogP contribution in [0.15, 0.2) is 58.5 Å². The fraction of sp³-hybridized carbons (Fsp3) is 0.158. The van der Waals surface area contributed by atoms with Gasteiger partial charge in [-0.25, -0.2) is 8.42 Å². The van der Waals surface area contributed by atoms with E-state index in [4.69, 9.17) is 16.3 Å². The molecule has 1 aromatic heterocycles. The number of nitrogens with one attached hydrogen (secondary N) is 1. The molecule has 9 heteroatoms. The molecular weight excluding hydrogens is 402 g/mol. The normalized spacial score (nSPS) is 11.3. The summed E-state index contributed by atoms with van der Waals surface area (Å²) in [5.74, 6) is -0.0954. The number of nitrogens with zero attached hydrogens (tertiary/aromatic N) is 2. The Kier molecular flexibility index (Phi) is 5.44. The number of carbonyl (C=O) groups is 1. The van der Waals surface area contributed by atoms with Gasteiger partial charge in [0.2, 0.25) is 9.84 Å². The lowest BCUT2D eigenvalue weighted by molar-refractivity contribution is 0.102. The third-order valence-corrected chi connectivity index (χ3v) is 6.07. The van der Waals surface area contributed by atoms with Gasteiger partial charge in [-0.05, 0) is 43.3 Å². The van der Waals surface area contributed by atoms with Crippen LogP contribution in [-0.4, -0.2) is 31.2 Å². The first-order valence-corrected chi connectivity index (χ1v) is 10.1. The molecule has 1 N–H and O–H groups in total. The summed E-state index contributed by atoms with van der Waals surface area (Å²) < 4.78 is 32.6. The molecule has 2 aromatic carbocycles. The highest BCUT2D eigenvalue weighted by Gasteiger charge is 2.21. The van der Waals surface area contributed by atoms with E-state index in [1.165, 1.54) is 48.2 Å². The third kappa shape index (κ3) is 4.02. The van der Waals surface area contributed by atoms with Gasteiger partial charge in [-0.3, -0.25) is 9.48 Å². The number of anilines is 1. The van der Waals surface area contributed by atoms with Gasteiger partial charge in [-0.1, -0.05) is 11.6 Å². The van der Waals surface area contributed by atoms with Crippen molar-refractivity contribution in [2.24, 2.45) is 7.05 Å². The zero-order chi connectivity index (χ0) is 20.5. The van der Waals surface area contributed by atoms with Crippen LogP contribution in [0.3, 0.4) is 0 Å². The molecule has 3 aromatic rings. The second kappa shape index (κ2) is 7.65. The van der Waals surface area contributed by atoms with Gasteiger partial charge < -0.3 is 10.1 Å². The van der Waals surface area contributed by atoms with Crippen LogP contribution in [0, 0.1) is 6.92 Å². The summed E-state index contributed by atoms with van der Waals surface area (Å²) in [6, 6.07) is 10.2. The van der Waals surface area contributed by atoms with Crippen LogP contribution in [0.4, 0.5) is 5.69 Å². The first kappa shape index (κ1) is 19.9. The fourth-order valence-electron chi connectivity index (χ4n) is 2.69. The molecule has 1 amide bonds. The molecule has 28 heavy (non-hydrogen) atoms. The van der Waals surface area contributed by atoms with Crippen molar-refractivity contribution in [1.29, 1.82) is 0 Å². The Bertz CT molecular complexity index is 1140. The number of rotatable bonds is 5. The summed E-state index contributed by atoms with van der Waals surface area (Å²) in [7, 11) is -0.686. The van der Waals surface area contributed by atoms with Crippen LogP contribution < -0.4 is 10.1 Å². The molecule has 0 atom stereocenters. The average molecular weight is 420 g/mol. The Hall–Kier alpha value is -2.84. The summed E-state index contributed by atoms with van der Waals surface area (Å²) in [5, 5.41) is 7.27. The van der Waals surface area contributed by atoms with Crippen molar-refractivity contribution >= 4 is 33.0 Å². The van der Waals surface area contributed by atoms with Crippen LogP contribution in [0.5, 0.6) is 5.75 Å². The van der Waals surface area contributed by atoms with Crippen molar-refractivity contribution < 1.29 is 17.9 Å². The lowest BCUT2D eigenvalue weighted by atomic mass is 10.2. The fourth-order valence-corrected chi connectivity index (χ4v) is 4.13. The largest absolute Gasteiger partial charge is 0.497 e. The molecule has 7 nitrogen and oxygen atoms in total. The number of hydrogen-bond acceptors (Lipinski definition) is 5. The van der Waals surface area contributed by atoms with Gasteiger partial charge in [0.25, 0.3) is 5.91 Å². The SMILES string of the molecule is COc1cc(NC(=O)c2cn(C)nc2C)cc(S(=O)(=O)c2ccc(Cl)cc2)c1. The van der Waals surface area contributed by atoms with E-state index in [2.05, 4.69) is 10.4 Å². The number of halogens is 1. The highest BCUT2D eigenvalue weighted by molar-refractivity contribution is 7.91. The number of aromatic nitrogens is 2. The lowest BCUT2D eigenvalue weighted by Crippen LogP contribution is -2.13. The number of methoxy groups -OCH3 is 1. The van der Waals surface area contributed by atoms with Crippen molar-refractivity contribution in [3.63, 3.8) is 0 Å². The van der Waals surface area contributed by atoms with E-state index in [-0.39, 0.29) is 9.79 Å². The first-order valence-electron chi connectivity index (χ1n) is 8.22. The Labute approximate surface area is 167 Å². The maximum atomic E-state index is 13.0. The van der Waals surface area contributed by atoms with Crippen molar-refractivity contribution in [1.82, 2.24) is 9.78 Å². The number of sulfone groups is 1. The van der Waals surface area contributed by atoms with E-state index in [1.54, 1.807) is 26.2 Å². The molecule has 3 rings (SSSR count). The topological polar surface area (TPSA) is 90.3 Å². The van der Waals surface area contributed by atoms with Crippen LogP contribution in [0.25, 0.3) is 0 Å². The Morgan fingerprint density at radius 3 is 2.39 bits per heavy atom. The zero-order valence-electron chi connectivity index (χ0n) is 15.4. The molecule has 0 aliphatic rings. The van der Waals surface area contributed by atoms with Gasteiger partial charge in [0, 0.05) is 30.0 Å². The van der Waals surface area contributed by atoms with E-state index in [0.717, 1.165) is 0 Å². The van der Waals surface area contributed by atoms with E-state index in [9.17, 15) is 13.2 Å². The molecule has 0 radical (unpaired) electrons. The molecule has 0 bridgehead atoms. The van der Waals surface area contributed by atoms with Crippen molar-refractivity contribution in [2.45, 2.75) is 16.7 Å². The van der Waals surface area contributed by atoms with Gasteiger partial charge in [0.05, 0.1) is 28.2 Å². The highest BCUT2D eigenvalue weighted by atomic mass is 35.5. The van der Waals surface area contributed by atoms with Gasteiger partial charge in [-0.15, -0.1) is 0 Å². The summed E-state index contributed by atoms with van der Waals surface area (Å²) in [6.45, 7) is 1.72. The van der Waals surface area contributed by atoms with Crippen LogP contribution >= 0.6 is 11.6 Å². The number of carbonyl (C=O) groups excluding carboxylic acids is 1. The van der Waals surface area contributed by atoms with Gasteiger partial charge in [-0.2, -0.15) is 5.10 Å². The van der Waals surface area contributed by atoms with Crippen LogP contribution in [0.2, 0.25) is 5.02 Å². The third-order valence-electron chi connectivity index (χ3n) is 4.07. The highest BCUT2D eigenvalue weighted by Crippen LogP contribution is 2.29. The molecule has 0 saturated heterocycles. The minimum atomic E-state index is -3.82. The Morgan fingerprint density at radius 1 is 1.14 bits per heavy atom. The van der Waals surface area contributed by atoms with Crippen LogP contribution in [0.1, 0.15) is 16.1 Å². The van der Waals surface area contributed by atoms with Gasteiger partial charge in [0.1, 0.15) is 5.75 Å². The quantitative estimate of drug-likeness (QED) is 0.683. The Morgan fingerprint density at radius 2 is 1.82 bits per heavy atom. The van der Waals surface area contributed by atoms with Gasteiger partial charge >= 0.3 is 0 Å². The van der Waals surface area contributed by atoms with Crippen molar-refractivity contribution in [3.8, 4) is 5.75 Å². The van der Waals surface area contributed by atoms with Crippen molar-refractivity contribution in [3.05, 3.63) is 64.9 Å². The second-order valence-electron chi connectivity index (χ2n) is 6.11. The van der Waals surface area contributed by atoms with Gasteiger partial charge in [0.15, 0.2) is 0 Å². The standard InChI is InChI=1S/C19H18ClN3O4S/c1-12-18(11-23(2)22-12)19(24)21-14-8-15(27-3)10-17(9-14)28(25,26)16-6-4-13(20)5-7-16/h4-11H,1-3H3,(H,21,24). The molecule has 1 heterocycles. The molecular formula is C19H18ClN3O4S.